The molecule has 0 heterocycles. The highest BCUT2D eigenvalue weighted by Crippen LogP contribution is 2.03. The average molecular weight is 281 g/mol. The topological polar surface area (TPSA) is 56.7 Å². The molecule has 112 valence electrons. The van der Waals surface area contributed by atoms with Crippen LogP contribution in [0.25, 0.3) is 0 Å². The SMILES string of the molecule is CCNC(=NCC(C)CO)NCCc1cccc(F)c1. The normalized spacial score (nSPS) is 13.1. The number of guanidine groups is 1. The molecule has 0 aliphatic rings. The quantitative estimate of drug-likeness (QED) is 0.525. The van der Waals surface area contributed by atoms with Gasteiger partial charge in [-0.05, 0) is 37.0 Å². The smallest absolute Gasteiger partial charge is 0.191 e. The van der Waals surface area contributed by atoms with E-state index < -0.39 is 0 Å². The number of hydrogen-bond acceptors (Lipinski definition) is 2. The molecule has 0 saturated carbocycles. The van der Waals surface area contributed by atoms with E-state index >= 15 is 0 Å². The molecule has 1 aromatic rings. The molecule has 0 spiro atoms. The van der Waals surface area contributed by atoms with Gasteiger partial charge in [-0.1, -0.05) is 19.1 Å². The van der Waals surface area contributed by atoms with Gasteiger partial charge in [-0.2, -0.15) is 0 Å². The van der Waals surface area contributed by atoms with E-state index in [4.69, 9.17) is 5.11 Å². The Balaban J connectivity index is 2.42. The molecule has 0 aliphatic heterocycles. The molecule has 0 saturated heterocycles. The van der Waals surface area contributed by atoms with Crippen LogP contribution >= 0.6 is 0 Å². The van der Waals surface area contributed by atoms with Crippen molar-refractivity contribution in [2.45, 2.75) is 20.3 Å². The third kappa shape index (κ3) is 6.52. The summed E-state index contributed by atoms with van der Waals surface area (Å²) >= 11 is 0. The number of hydrogen-bond donors (Lipinski definition) is 3. The molecular weight excluding hydrogens is 257 g/mol. The maximum atomic E-state index is 13.0. The van der Waals surface area contributed by atoms with Gasteiger partial charge < -0.3 is 15.7 Å². The maximum absolute atomic E-state index is 13.0. The Hall–Kier alpha value is -1.62. The number of nitrogens with zero attached hydrogens (tertiary/aromatic N) is 1. The molecular formula is C15H24FN3O. The summed E-state index contributed by atoms with van der Waals surface area (Å²) in [6, 6.07) is 6.61. The number of halogens is 1. The molecule has 20 heavy (non-hydrogen) atoms. The van der Waals surface area contributed by atoms with E-state index in [1.807, 2.05) is 19.9 Å². The van der Waals surface area contributed by atoms with E-state index in [-0.39, 0.29) is 18.3 Å². The number of rotatable bonds is 7. The van der Waals surface area contributed by atoms with Gasteiger partial charge in [-0.25, -0.2) is 4.39 Å². The number of aliphatic hydroxyl groups is 1. The Labute approximate surface area is 120 Å². The minimum atomic E-state index is -0.208. The van der Waals surface area contributed by atoms with E-state index in [1.54, 1.807) is 12.1 Å². The predicted molar refractivity (Wildman–Crippen MR) is 80.3 cm³/mol. The number of benzene rings is 1. The third-order valence-electron chi connectivity index (χ3n) is 2.81. The lowest BCUT2D eigenvalue weighted by atomic mass is 10.1. The third-order valence-corrected chi connectivity index (χ3v) is 2.81. The highest BCUT2D eigenvalue weighted by molar-refractivity contribution is 5.79. The zero-order chi connectivity index (χ0) is 14.8. The van der Waals surface area contributed by atoms with Crippen molar-refractivity contribution < 1.29 is 9.50 Å². The molecule has 0 amide bonds. The van der Waals surface area contributed by atoms with E-state index in [1.165, 1.54) is 6.07 Å². The van der Waals surface area contributed by atoms with Gasteiger partial charge in [-0.3, -0.25) is 4.99 Å². The summed E-state index contributed by atoms with van der Waals surface area (Å²) < 4.78 is 13.0. The summed E-state index contributed by atoms with van der Waals surface area (Å²) in [6.07, 6.45) is 0.734. The van der Waals surface area contributed by atoms with Crippen molar-refractivity contribution in [3.05, 3.63) is 35.6 Å². The molecule has 0 radical (unpaired) electrons. The second-order valence-electron chi connectivity index (χ2n) is 4.81. The van der Waals surface area contributed by atoms with Crippen molar-refractivity contribution >= 4 is 5.96 Å². The van der Waals surface area contributed by atoms with Crippen LogP contribution in [0.1, 0.15) is 19.4 Å². The van der Waals surface area contributed by atoms with Crippen molar-refractivity contribution in [3.8, 4) is 0 Å². The molecule has 3 N–H and O–H groups in total. The van der Waals surface area contributed by atoms with Crippen LogP contribution in [0.3, 0.4) is 0 Å². The second-order valence-corrected chi connectivity index (χ2v) is 4.81. The summed E-state index contributed by atoms with van der Waals surface area (Å²) in [6.45, 7) is 6.11. The Kier molecular flexibility index (Phi) is 7.65. The van der Waals surface area contributed by atoms with Crippen molar-refractivity contribution in [2.75, 3.05) is 26.2 Å². The fourth-order valence-electron chi connectivity index (χ4n) is 1.66. The Morgan fingerprint density at radius 2 is 2.20 bits per heavy atom. The standard InChI is InChI=1S/C15H24FN3O/c1-3-17-15(19-10-12(2)11-20)18-8-7-13-5-4-6-14(16)9-13/h4-6,9,12,20H,3,7-8,10-11H2,1-2H3,(H2,17,18,19). The molecule has 1 rings (SSSR count). The summed E-state index contributed by atoms with van der Waals surface area (Å²) in [5.74, 6) is 0.665. The average Bonchev–Trinajstić information content (AvgIpc) is 2.44. The van der Waals surface area contributed by atoms with Crippen molar-refractivity contribution in [2.24, 2.45) is 10.9 Å². The fourth-order valence-corrected chi connectivity index (χ4v) is 1.66. The maximum Gasteiger partial charge on any atom is 0.191 e. The minimum Gasteiger partial charge on any atom is -0.396 e. The van der Waals surface area contributed by atoms with E-state index in [2.05, 4.69) is 15.6 Å². The first-order valence-corrected chi connectivity index (χ1v) is 7.03. The van der Waals surface area contributed by atoms with Crippen LogP contribution in [0.2, 0.25) is 0 Å². The van der Waals surface area contributed by atoms with Crippen molar-refractivity contribution in [3.63, 3.8) is 0 Å². The molecule has 0 fully saturated rings. The van der Waals surface area contributed by atoms with Crippen LogP contribution < -0.4 is 10.6 Å². The van der Waals surface area contributed by atoms with Crippen LogP contribution in [0.4, 0.5) is 4.39 Å². The Bertz CT molecular complexity index is 423. The van der Waals surface area contributed by atoms with Gasteiger partial charge in [0.05, 0.1) is 0 Å². The molecule has 1 aromatic carbocycles. The van der Waals surface area contributed by atoms with Gasteiger partial charge >= 0.3 is 0 Å². The molecule has 0 aliphatic carbocycles. The predicted octanol–water partition coefficient (Wildman–Crippen LogP) is 1.55. The largest absolute Gasteiger partial charge is 0.396 e. The highest BCUT2D eigenvalue weighted by Gasteiger charge is 2.01. The summed E-state index contributed by atoms with van der Waals surface area (Å²) in [5.41, 5.74) is 0.956. The van der Waals surface area contributed by atoms with Crippen LogP contribution in [-0.4, -0.2) is 37.3 Å². The van der Waals surface area contributed by atoms with Crippen molar-refractivity contribution in [1.29, 1.82) is 0 Å². The first kappa shape index (κ1) is 16.4. The molecule has 5 heteroatoms. The first-order valence-electron chi connectivity index (χ1n) is 7.03. The summed E-state index contributed by atoms with van der Waals surface area (Å²) in [4.78, 5) is 4.39. The zero-order valence-corrected chi connectivity index (χ0v) is 12.2. The van der Waals surface area contributed by atoms with Crippen LogP contribution in [0.15, 0.2) is 29.3 Å². The molecule has 1 atom stereocenters. The monoisotopic (exact) mass is 281 g/mol. The first-order chi connectivity index (χ1) is 9.65. The minimum absolute atomic E-state index is 0.131. The lowest BCUT2D eigenvalue weighted by molar-refractivity contribution is 0.241. The Morgan fingerprint density at radius 1 is 1.40 bits per heavy atom. The number of nitrogens with one attached hydrogen (secondary N) is 2. The van der Waals surface area contributed by atoms with Crippen molar-refractivity contribution in [1.82, 2.24) is 10.6 Å². The Morgan fingerprint density at radius 3 is 2.85 bits per heavy atom. The van der Waals surface area contributed by atoms with Gasteiger partial charge in [0.2, 0.25) is 0 Å². The van der Waals surface area contributed by atoms with Gasteiger partial charge in [0, 0.05) is 26.2 Å². The summed E-state index contributed by atoms with van der Waals surface area (Å²) in [5, 5.41) is 15.3. The number of aliphatic imine (C=N–C) groups is 1. The molecule has 0 aromatic heterocycles. The molecule has 4 nitrogen and oxygen atoms in total. The van der Waals surface area contributed by atoms with E-state index in [0.717, 1.165) is 24.5 Å². The van der Waals surface area contributed by atoms with Gasteiger partial charge in [0.1, 0.15) is 5.82 Å². The lowest BCUT2D eigenvalue weighted by Crippen LogP contribution is -2.38. The summed E-state index contributed by atoms with van der Waals surface area (Å²) in [7, 11) is 0. The highest BCUT2D eigenvalue weighted by atomic mass is 19.1. The van der Waals surface area contributed by atoms with Crippen LogP contribution in [0.5, 0.6) is 0 Å². The van der Waals surface area contributed by atoms with Gasteiger partial charge in [-0.15, -0.1) is 0 Å². The van der Waals surface area contributed by atoms with E-state index in [9.17, 15) is 4.39 Å². The lowest BCUT2D eigenvalue weighted by Gasteiger charge is -2.12. The van der Waals surface area contributed by atoms with Crippen LogP contribution in [-0.2, 0) is 6.42 Å². The van der Waals surface area contributed by atoms with Gasteiger partial charge in [0.15, 0.2) is 5.96 Å². The van der Waals surface area contributed by atoms with Crippen LogP contribution in [0, 0.1) is 11.7 Å². The zero-order valence-electron chi connectivity index (χ0n) is 12.2. The second kappa shape index (κ2) is 9.31. The van der Waals surface area contributed by atoms with Gasteiger partial charge in [0.25, 0.3) is 0 Å². The fraction of sp³-hybridized carbons (Fsp3) is 0.533. The van der Waals surface area contributed by atoms with E-state index in [0.29, 0.717) is 13.1 Å². The molecule has 0 bridgehead atoms. The number of aliphatic hydroxyl groups excluding tert-OH is 1. The molecule has 1 unspecified atom stereocenters.